The molecule has 4 nitrogen and oxygen atoms in total. The van der Waals surface area contributed by atoms with Crippen molar-refractivity contribution >= 4 is 21.7 Å². The number of ketones is 1. The third-order valence-corrected chi connectivity index (χ3v) is 4.26. The molecule has 0 aromatic heterocycles. The lowest BCUT2D eigenvalue weighted by molar-refractivity contribution is -0.484. The van der Waals surface area contributed by atoms with E-state index >= 15 is 0 Å². The molecule has 2 rings (SSSR count). The number of hydrogen-bond acceptors (Lipinski definition) is 3. The molecule has 2 atom stereocenters. The maximum atomic E-state index is 12.0. The normalized spacial score (nSPS) is 21.1. The third-order valence-electron chi connectivity index (χ3n) is 3.73. The minimum atomic E-state index is -0.311. The smallest absolute Gasteiger partial charge is 0.211 e. The van der Waals surface area contributed by atoms with Crippen LogP contribution < -0.4 is 0 Å². The quantitative estimate of drug-likeness (QED) is 0.628. The van der Waals surface area contributed by atoms with E-state index in [1.165, 1.54) is 0 Å². The van der Waals surface area contributed by atoms with Gasteiger partial charge in [0.25, 0.3) is 0 Å². The summed E-state index contributed by atoms with van der Waals surface area (Å²) in [5.41, 5.74) is 0.889. The molecule has 0 bridgehead atoms. The van der Waals surface area contributed by atoms with Crippen molar-refractivity contribution in [3.63, 3.8) is 0 Å². The highest BCUT2D eigenvalue weighted by atomic mass is 79.9. The first kappa shape index (κ1) is 14.2. The Balaban J connectivity index is 2.26. The second kappa shape index (κ2) is 6.28. The fourth-order valence-electron chi connectivity index (χ4n) is 2.77. The topological polar surface area (TPSA) is 60.2 Å². The van der Waals surface area contributed by atoms with Crippen molar-refractivity contribution in [2.45, 2.75) is 31.6 Å². The molecular weight excluding hydrogens is 310 g/mol. The van der Waals surface area contributed by atoms with Crippen molar-refractivity contribution in [1.82, 2.24) is 0 Å². The summed E-state index contributed by atoms with van der Waals surface area (Å²) in [5.74, 6) is -0.308. The molecule has 1 fully saturated rings. The van der Waals surface area contributed by atoms with E-state index in [9.17, 15) is 14.9 Å². The highest BCUT2D eigenvalue weighted by Gasteiger charge is 2.34. The molecule has 19 heavy (non-hydrogen) atoms. The summed E-state index contributed by atoms with van der Waals surface area (Å²) in [6.07, 6.45) is 3.24. The summed E-state index contributed by atoms with van der Waals surface area (Å²) in [6, 6.07) is 7.49. The summed E-state index contributed by atoms with van der Waals surface area (Å²) in [4.78, 5) is 22.6. The number of carbonyl (C=O) groups excluding carboxylic acids is 1. The number of nitrogens with zero attached hydrogens (tertiary/aromatic N) is 1. The first-order valence-corrected chi connectivity index (χ1v) is 7.27. The lowest BCUT2D eigenvalue weighted by atomic mass is 9.76. The lowest BCUT2D eigenvalue weighted by Gasteiger charge is -2.27. The molecule has 1 aliphatic rings. The van der Waals surface area contributed by atoms with Crippen LogP contribution in [0.3, 0.4) is 0 Å². The minimum Gasteiger partial charge on any atom is -0.299 e. The Hall–Kier alpha value is -1.23. The van der Waals surface area contributed by atoms with Crippen LogP contribution in [0.4, 0.5) is 0 Å². The molecule has 0 spiro atoms. The molecule has 102 valence electrons. The average molecular weight is 326 g/mol. The Morgan fingerprint density at radius 1 is 1.32 bits per heavy atom. The highest BCUT2D eigenvalue weighted by Crippen LogP contribution is 2.34. The molecule has 0 aliphatic heterocycles. The van der Waals surface area contributed by atoms with E-state index in [0.717, 1.165) is 29.3 Å². The molecule has 1 aromatic carbocycles. The van der Waals surface area contributed by atoms with Gasteiger partial charge >= 0.3 is 0 Å². The molecule has 0 radical (unpaired) electrons. The fraction of sp³-hybridized carbons (Fsp3) is 0.500. The summed E-state index contributed by atoms with van der Waals surface area (Å²) in [6.45, 7) is -0.169. The van der Waals surface area contributed by atoms with Crippen molar-refractivity contribution in [3.05, 3.63) is 44.4 Å². The zero-order valence-electron chi connectivity index (χ0n) is 10.5. The van der Waals surface area contributed by atoms with E-state index < -0.39 is 0 Å². The number of hydrogen-bond donors (Lipinski definition) is 0. The SMILES string of the molecule is O=C1CCCC[C@H]1[C@H](C[N+](=O)[O-])c1ccc(Br)cc1. The Bertz CT molecular complexity index is 472. The Morgan fingerprint density at radius 2 is 2.00 bits per heavy atom. The summed E-state index contributed by atoms with van der Waals surface area (Å²) in [7, 11) is 0. The van der Waals surface area contributed by atoms with Crippen molar-refractivity contribution in [1.29, 1.82) is 0 Å². The van der Waals surface area contributed by atoms with Crippen LogP contribution >= 0.6 is 15.9 Å². The number of rotatable bonds is 4. The molecule has 0 heterocycles. The monoisotopic (exact) mass is 325 g/mol. The van der Waals surface area contributed by atoms with Crippen LogP contribution in [0.15, 0.2) is 28.7 Å². The van der Waals surface area contributed by atoms with E-state index in [0.29, 0.717) is 6.42 Å². The largest absolute Gasteiger partial charge is 0.299 e. The van der Waals surface area contributed by atoms with Crippen LogP contribution in [0.2, 0.25) is 0 Å². The van der Waals surface area contributed by atoms with E-state index in [-0.39, 0.29) is 29.1 Å². The Kier molecular flexibility index (Phi) is 4.69. The van der Waals surface area contributed by atoms with Gasteiger partial charge < -0.3 is 0 Å². The van der Waals surface area contributed by atoms with Crippen LogP contribution in [0.1, 0.15) is 37.2 Å². The van der Waals surface area contributed by atoms with Crippen molar-refractivity contribution in [3.8, 4) is 0 Å². The van der Waals surface area contributed by atoms with Crippen LogP contribution in [0, 0.1) is 16.0 Å². The summed E-state index contributed by atoms with van der Waals surface area (Å²) in [5, 5.41) is 10.9. The van der Waals surface area contributed by atoms with Gasteiger partial charge in [-0.05, 0) is 30.5 Å². The van der Waals surface area contributed by atoms with Crippen LogP contribution in [0.5, 0.6) is 0 Å². The molecule has 1 aromatic rings. The van der Waals surface area contributed by atoms with Gasteiger partial charge in [-0.25, -0.2) is 0 Å². The number of nitro groups is 1. The molecule has 0 N–H and O–H groups in total. The van der Waals surface area contributed by atoms with Crippen molar-refractivity contribution < 1.29 is 9.72 Å². The van der Waals surface area contributed by atoms with E-state index in [4.69, 9.17) is 0 Å². The zero-order chi connectivity index (χ0) is 13.8. The first-order valence-electron chi connectivity index (χ1n) is 6.48. The third kappa shape index (κ3) is 3.62. The van der Waals surface area contributed by atoms with Gasteiger partial charge in [-0.3, -0.25) is 14.9 Å². The van der Waals surface area contributed by atoms with Gasteiger partial charge in [-0.15, -0.1) is 0 Å². The van der Waals surface area contributed by atoms with Crippen LogP contribution in [-0.2, 0) is 4.79 Å². The van der Waals surface area contributed by atoms with Crippen LogP contribution in [-0.4, -0.2) is 17.3 Å². The van der Waals surface area contributed by atoms with Gasteiger partial charge in [-0.2, -0.15) is 0 Å². The number of halogens is 1. The maximum Gasteiger partial charge on any atom is 0.211 e. The second-order valence-electron chi connectivity index (χ2n) is 4.99. The van der Waals surface area contributed by atoms with Crippen LogP contribution in [0.25, 0.3) is 0 Å². The van der Waals surface area contributed by atoms with E-state index in [2.05, 4.69) is 15.9 Å². The van der Waals surface area contributed by atoms with E-state index in [1.807, 2.05) is 24.3 Å². The zero-order valence-corrected chi connectivity index (χ0v) is 12.1. The number of benzene rings is 1. The molecule has 0 saturated heterocycles. The van der Waals surface area contributed by atoms with Crippen molar-refractivity contribution in [2.75, 3.05) is 6.54 Å². The summed E-state index contributed by atoms with van der Waals surface area (Å²) >= 11 is 3.35. The summed E-state index contributed by atoms with van der Waals surface area (Å²) < 4.78 is 0.936. The standard InChI is InChI=1S/C14H16BrNO3/c15-11-7-5-10(6-8-11)13(9-16(18)19)12-3-1-2-4-14(12)17/h5-8,12-13H,1-4,9H2/t12-,13+/m0/s1. The molecular formula is C14H16BrNO3. The second-order valence-corrected chi connectivity index (χ2v) is 5.91. The fourth-order valence-corrected chi connectivity index (χ4v) is 3.04. The lowest BCUT2D eigenvalue weighted by Crippen LogP contribution is -2.30. The maximum absolute atomic E-state index is 12.0. The molecule has 5 heteroatoms. The first-order chi connectivity index (χ1) is 9.08. The Morgan fingerprint density at radius 3 is 2.58 bits per heavy atom. The van der Waals surface area contributed by atoms with Gasteiger partial charge in [0.15, 0.2) is 0 Å². The average Bonchev–Trinajstić information content (AvgIpc) is 2.38. The predicted molar refractivity (Wildman–Crippen MR) is 75.7 cm³/mol. The van der Waals surface area contributed by atoms with Gasteiger partial charge in [0, 0.05) is 21.7 Å². The molecule has 0 amide bonds. The molecule has 1 aliphatic carbocycles. The molecule has 1 saturated carbocycles. The van der Waals surface area contributed by atoms with Gasteiger partial charge in [-0.1, -0.05) is 34.5 Å². The predicted octanol–water partition coefficient (Wildman–Crippen LogP) is 3.57. The number of carbonyl (C=O) groups is 1. The minimum absolute atomic E-state index is 0.169. The number of Topliss-reactive ketones (excluding diaryl/α,β-unsaturated/α-hetero) is 1. The van der Waals surface area contributed by atoms with Gasteiger partial charge in [0.2, 0.25) is 6.54 Å². The Labute approximate surface area is 120 Å². The molecule has 0 unspecified atom stereocenters. The van der Waals surface area contributed by atoms with Gasteiger partial charge in [0.05, 0.1) is 5.92 Å². The van der Waals surface area contributed by atoms with Crippen molar-refractivity contribution in [2.24, 2.45) is 5.92 Å². The highest BCUT2D eigenvalue weighted by molar-refractivity contribution is 9.10. The van der Waals surface area contributed by atoms with E-state index in [1.54, 1.807) is 0 Å². The van der Waals surface area contributed by atoms with Gasteiger partial charge in [0.1, 0.15) is 5.78 Å².